The molecule has 0 rings (SSSR count). The molecule has 0 amide bonds. The van der Waals surface area contributed by atoms with Crippen LogP contribution >= 0.6 is 0 Å². The maximum Gasteiger partial charge on any atom is 0.143 e. The predicted octanol–water partition coefficient (Wildman–Crippen LogP) is 3.59. The van der Waals surface area contributed by atoms with Gasteiger partial charge in [0.2, 0.25) is 0 Å². The summed E-state index contributed by atoms with van der Waals surface area (Å²) in [7, 11) is 0. The number of aliphatic hydroxyl groups excluding tert-OH is 1. The molecule has 0 saturated heterocycles. The fourth-order valence-corrected chi connectivity index (χ4v) is 1.32. The molecule has 0 aliphatic rings. The molecule has 0 unspecified atom stereocenters. The minimum atomic E-state index is -0.151. The number of rotatable bonds is 6. The van der Waals surface area contributed by atoms with Gasteiger partial charge in [-0.1, -0.05) is 41.0 Å². The Bertz CT molecular complexity index is 90.2. The lowest BCUT2D eigenvalue weighted by Crippen LogP contribution is -2.24. The van der Waals surface area contributed by atoms with Gasteiger partial charge in [-0.05, 0) is 24.7 Å². The monoisotopic (exact) mass is 204 g/mol. The third-order valence-electron chi connectivity index (χ3n) is 2.75. The average Bonchev–Trinajstić information content (AvgIpc) is 2.22. The summed E-state index contributed by atoms with van der Waals surface area (Å²) in [4.78, 5) is 0. The Morgan fingerprint density at radius 2 is 1.29 bits per heavy atom. The Labute approximate surface area is 89.7 Å². The second-order valence-corrected chi connectivity index (χ2v) is 3.75. The third-order valence-corrected chi connectivity index (χ3v) is 2.75. The molecule has 2 nitrogen and oxygen atoms in total. The van der Waals surface area contributed by atoms with Crippen LogP contribution in [0.25, 0.3) is 0 Å². The quantitative estimate of drug-likeness (QED) is 0.670. The molecule has 2 heteroatoms. The second kappa shape index (κ2) is 11.0. The SMILES string of the molecule is CCC.CCC(CC)(CC)COCO. The van der Waals surface area contributed by atoms with Gasteiger partial charge in [0.1, 0.15) is 6.79 Å². The highest BCUT2D eigenvalue weighted by atomic mass is 16.6. The molecular weight excluding hydrogens is 176 g/mol. The van der Waals surface area contributed by atoms with E-state index in [1.54, 1.807) is 0 Å². The molecule has 0 atom stereocenters. The molecule has 0 aliphatic heterocycles. The van der Waals surface area contributed by atoms with Gasteiger partial charge in [0, 0.05) is 0 Å². The van der Waals surface area contributed by atoms with Crippen molar-refractivity contribution in [3.63, 3.8) is 0 Å². The Kier molecular flexibility index (Phi) is 12.8. The highest BCUT2D eigenvalue weighted by Crippen LogP contribution is 2.30. The molecule has 0 aromatic rings. The van der Waals surface area contributed by atoms with Crippen LogP contribution < -0.4 is 0 Å². The number of hydrogen-bond donors (Lipinski definition) is 1. The van der Waals surface area contributed by atoms with E-state index >= 15 is 0 Å². The molecule has 0 radical (unpaired) electrons. The van der Waals surface area contributed by atoms with E-state index in [4.69, 9.17) is 9.84 Å². The van der Waals surface area contributed by atoms with Crippen molar-refractivity contribution in [1.29, 1.82) is 0 Å². The van der Waals surface area contributed by atoms with Gasteiger partial charge >= 0.3 is 0 Å². The topological polar surface area (TPSA) is 29.5 Å². The highest BCUT2D eigenvalue weighted by Gasteiger charge is 2.23. The standard InChI is InChI=1S/C9H20O2.C3H8/c1-4-9(5-2,6-3)7-11-8-10;1-3-2/h10H,4-8H2,1-3H3;3H2,1-2H3. The summed E-state index contributed by atoms with van der Waals surface area (Å²) in [6, 6.07) is 0. The molecule has 0 aromatic heterocycles. The first-order valence-electron chi connectivity index (χ1n) is 5.84. The lowest BCUT2D eigenvalue weighted by Gasteiger charge is -2.29. The Balaban J connectivity index is 0. The zero-order valence-corrected chi connectivity index (χ0v) is 10.6. The van der Waals surface area contributed by atoms with E-state index in [9.17, 15) is 0 Å². The van der Waals surface area contributed by atoms with Gasteiger partial charge in [0.05, 0.1) is 6.61 Å². The third kappa shape index (κ3) is 7.34. The van der Waals surface area contributed by atoms with Crippen LogP contribution in [0.3, 0.4) is 0 Å². The lowest BCUT2D eigenvalue weighted by atomic mass is 9.81. The van der Waals surface area contributed by atoms with E-state index < -0.39 is 0 Å². The van der Waals surface area contributed by atoms with Gasteiger partial charge in [-0.2, -0.15) is 0 Å². The molecule has 0 saturated carbocycles. The Hall–Kier alpha value is -0.0800. The Morgan fingerprint density at radius 1 is 0.929 bits per heavy atom. The van der Waals surface area contributed by atoms with Crippen molar-refractivity contribution in [2.75, 3.05) is 13.4 Å². The van der Waals surface area contributed by atoms with E-state index in [0.717, 1.165) is 19.3 Å². The van der Waals surface area contributed by atoms with Gasteiger partial charge in [0.15, 0.2) is 0 Å². The predicted molar refractivity (Wildman–Crippen MR) is 62.3 cm³/mol. The van der Waals surface area contributed by atoms with Crippen LogP contribution in [0.15, 0.2) is 0 Å². The van der Waals surface area contributed by atoms with E-state index in [-0.39, 0.29) is 6.79 Å². The minimum Gasteiger partial charge on any atom is -0.371 e. The molecule has 14 heavy (non-hydrogen) atoms. The van der Waals surface area contributed by atoms with E-state index in [2.05, 4.69) is 34.6 Å². The minimum absolute atomic E-state index is 0.151. The van der Waals surface area contributed by atoms with Crippen molar-refractivity contribution in [3.8, 4) is 0 Å². The Morgan fingerprint density at radius 3 is 1.50 bits per heavy atom. The van der Waals surface area contributed by atoms with E-state index in [1.165, 1.54) is 6.42 Å². The van der Waals surface area contributed by atoms with Gasteiger partial charge in [-0.3, -0.25) is 0 Å². The first-order valence-corrected chi connectivity index (χ1v) is 5.84. The molecular formula is C12H28O2. The van der Waals surface area contributed by atoms with Crippen molar-refractivity contribution in [1.82, 2.24) is 0 Å². The molecule has 0 heterocycles. The molecule has 0 spiro atoms. The maximum absolute atomic E-state index is 8.49. The molecule has 88 valence electrons. The van der Waals surface area contributed by atoms with Gasteiger partial charge in [0.25, 0.3) is 0 Å². The molecule has 1 N–H and O–H groups in total. The van der Waals surface area contributed by atoms with Gasteiger partial charge in [-0.15, -0.1) is 0 Å². The first-order chi connectivity index (χ1) is 6.66. The highest BCUT2D eigenvalue weighted by molar-refractivity contribution is 4.73. The molecule has 0 fully saturated rings. The normalized spacial score (nSPS) is 10.7. The average molecular weight is 204 g/mol. The lowest BCUT2D eigenvalue weighted by molar-refractivity contribution is -0.0480. The smallest absolute Gasteiger partial charge is 0.143 e. The summed E-state index contributed by atoms with van der Waals surface area (Å²) in [6.07, 6.45) is 4.62. The van der Waals surface area contributed by atoms with E-state index in [0.29, 0.717) is 12.0 Å². The van der Waals surface area contributed by atoms with Crippen LogP contribution in [0.2, 0.25) is 0 Å². The summed E-state index contributed by atoms with van der Waals surface area (Å²) >= 11 is 0. The van der Waals surface area contributed by atoms with Crippen LogP contribution in [-0.2, 0) is 4.74 Å². The van der Waals surface area contributed by atoms with Crippen LogP contribution in [0.5, 0.6) is 0 Å². The molecule has 0 aliphatic carbocycles. The second-order valence-electron chi connectivity index (χ2n) is 3.75. The summed E-state index contributed by atoms with van der Waals surface area (Å²) in [6.45, 7) is 11.3. The first kappa shape index (κ1) is 16.4. The maximum atomic E-state index is 8.49. The van der Waals surface area contributed by atoms with Crippen molar-refractivity contribution >= 4 is 0 Å². The summed E-state index contributed by atoms with van der Waals surface area (Å²) in [5, 5.41) is 8.49. The molecule has 0 aromatic carbocycles. The van der Waals surface area contributed by atoms with Crippen LogP contribution in [0, 0.1) is 5.41 Å². The number of aliphatic hydroxyl groups is 1. The van der Waals surface area contributed by atoms with Crippen LogP contribution in [0.1, 0.15) is 60.3 Å². The zero-order chi connectivity index (χ0) is 11.4. The van der Waals surface area contributed by atoms with Gasteiger partial charge in [-0.25, -0.2) is 0 Å². The van der Waals surface area contributed by atoms with Crippen molar-refractivity contribution < 1.29 is 9.84 Å². The largest absolute Gasteiger partial charge is 0.371 e. The zero-order valence-electron chi connectivity index (χ0n) is 10.6. The van der Waals surface area contributed by atoms with Gasteiger partial charge < -0.3 is 9.84 Å². The van der Waals surface area contributed by atoms with Crippen molar-refractivity contribution in [2.24, 2.45) is 5.41 Å². The summed E-state index contributed by atoms with van der Waals surface area (Å²) < 4.78 is 5.03. The van der Waals surface area contributed by atoms with Crippen molar-refractivity contribution in [2.45, 2.75) is 60.3 Å². The van der Waals surface area contributed by atoms with Crippen LogP contribution in [0.4, 0.5) is 0 Å². The molecule has 0 bridgehead atoms. The number of ether oxygens (including phenoxy) is 1. The van der Waals surface area contributed by atoms with Crippen molar-refractivity contribution in [3.05, 3.63) is 0 Å². The summed E-state index contributed by atoms with van der Waals surface area (Å²) in [5.74, 6) is 0. The number of hydrogen-bond acceptors (Lipinski definition) is 2. The summed E-state index contributed by atoms with van der Waals surface area (Å²) in [5.41, 5.74) is 0.294. The van der Waals surface area contributed by atoms with E-state index in [1.807, 2.05) is 0 Å². The van der Waals surface area contributed by atoms with Crippen LogP contribution in [-0.4, -0.2) is 18.5 Å². The fraction of sp³-hybridized carbons (Fsp3) is 1.00. The fourth-order valence-electron chi connectivity index (χ4n) is 1.32.